The summed E-state index contributed by atoms with van der Waals surface area (Å²) in [7, 11) is 0. The zero-order valence-electron chi connectivity index (χ0n) is 10.6. The van der Waals surface area contributed by atoms with Gasteiger partial charge < -0.3 is 10.5 Å². The monoisotopic (exact) mass is 263 g/mol. The molecule has 2 nitrogen and oxygen atoms in total. The SMILES string of the molecule is Cc1ccc(CN)cc1OCc1ccc(F)c(F)c1. The zero-order valence-corrected chi connectivity index (χ0v) is 10.6. The Morgan fingerprint density at radius 3 is 2.42 bits per heavy atom. The van der Waals surface area contributed by atoms with Gasteiger partial charge in [0.15, 0.2) is 11.6 Å². The number of halogens is 2. The molecule has 0 aliphatic rings. The van der Waals surface area contributed by atoms with Gasteiger partial charge in [0, 0.05) is 6.54 Å². The highest BCUT2D eigenvalue weighted by atomic mass is 19.2. The van der Waals surface area contributed by atoms with E-state index < -0.39 is 11.6 Å². The predicted octanol–water partition coefficient (Wildman–Crippen LogP) is 3.31. The molecule has 0 saturated carbocycles. The van der Waals surface area contributed by atoms with Crippen molar-refractivity contribution in [2.24, 2.45) is 5.73 Å². The van der Waals surface area contributed by atoms with Crippen LogP contribution in [0.5, 0.6) is 5.75 Å². The molecule has 4 heteroatoms. The van der Waals surface area contributed by atoms with Crippen LogP contribution in [-0.4, -0.2) is 0 Å². The van der Waals surface area contributed by atoms with E-state index in [0.717, 1.165) is 23.3 Å². The Morgan fingerprint density at radius 2 is 1.74 bits per heavy atom. The molecule has 0 fully saturated rings. The molecule has 2 aromatic rings. The minimum atomic E-state index is -0.867. The lowest BCUT2D eigenvalue weighted by Crippen LogP contribution is -2.01. The smallest absolute Gasteiger partial charge is 0.159 e. The highest BCUT2D eigenvalue weighted by Crippen LogP contribution is 2.21. The van der Waals surface area contributed by atoms with Crippen molar-refractivity contribution < 1.29 is 13.5 Å². The lowest BCUT2D eigenvalue weighted by Gasteiger charge is -2.10. The third-order valence-corrected chi connectivity index (χ3v) is 2.87. The number of aryl methyl sites for hydroxylation is 1. The molecule has 0 spiro atoms. The molecular weight excluding hydrogens is 248 g/mol. The molecule has 0 saturated heterocycles. The molecule has 0 radical (unpaired) electrons. The van der Waals surface area contributed by atoms with E-state index in [1.165, 1.54) is 6.07 Å². The van der Waals surface area contributed by atoms with Crippen LogP contribution in [-0.2, 0) is 13.2 Å². The summed E-state index contributed by atoms with van der Waals surface area (Å²) in [5, 5.41) is 0. The number of hydrogen-bond acceptors (Lipinski definition) is 2. The third-order valence-electron chi connectivity index (χ3n) is 2.87. The Labute approximate surface area is 110 Å². The van der Waals surface area contributed by atoms with Gasteiger partial charge in [-0.1, -0.05) is 18.2 Å². The summed E-state index contributed by atoms with van der Waals surface area (Å²) >= 11 is 0. The van der Waals surface area contributed by atoms with E-state index in [1.54, 1.807) is 0 Å². The van der Waals surface area contributed by atoms with Crippen molar-refractivity contribution >= 4 is 0 Å². The van der Waals surface area contributed by atoms with E-state index in [1.807, 2.05) is 25.1 Å². The van der Waals surface area contributed by atoms with Crippen LogP contribution < -0.4 is 10.5 Å². The highest BCUT2D eigenvalue weighted by Gasteiger charge is 2.05. The second-order valence-electron chi connectivity index (χ2n) is 4.34. The molecule has 2 aromatic carbocycles. The van der Waals surface area contributed by atoms with Crippen molar-refractivity contribution in [1.82, 2.24) is 0 Å². The van der Waals surface area contributed by atoms with E-state index in [4.69, 9.17) is 10.5 Å². The van der Waals surface area contributed by atoms with Crippen LogP contribution in [0.2, 0.25) is 0 Å². The zero-order chi connectivity index (χ0) is 13.8. The van der Waals surface area contributed by atoms with E-state index in [2.05, 4.69) is 0 Å². The topological polar surface area (TPSA) is 35.2 Å². The molecule has 19 heavy (non-hydrogen) atoms. The fourth-order valence-electron chi connectivity index (χ4n) is 1.72. The average Bonchev–Trinajstić information content (AvgIpc) is 2.41. The molecule has 0 aliphatic carbocycles. The fourth-order valence-corrected chi connectivity index (χ4v) is 1.72. The highest BCUT2D eigenvalue weighted by molar-refractivity contribution is 5.36. The van der Waals surface area contributed by atoms with Gasteiger partial charge in [-0.05, 0) is 41.8 Å². The normalized spacial score (nSPS) is 10.5. The predicted molar refractivity (Wildman–Crippen MR) is 69.8 cm³/mol. The van der Waals surface area contributed by atoms with Crippen LogP contribution >= 0.6 is 0 Å². The van der Waals surface area contributed by atoms with Gasteiger partial charge in [0.05, 0.1) is 0 Å². The number of nitrogens with two attached hydrogens (primary N) is 1. The molecule has 0 aliphatic heterocycles. The number of ether oxygens (including phenoxy) is 1. The van der Waals surface area contributed by atoms with Gasteiger partial charge in [-0.15, -0.1) is 0 Å². The lowest BCUT2D eigenvalue weighted by atomic mass is 10.1. The lowest BCUT2D eigenvalue weighted by molar-refractivity contribution is 0.302. The summed E-state index contributed by atoms with van der Waals surface area (Å²) in [4.78, 5) is 0. The third kappa shape index (κ3) is 3.29. The van der Waals surface area contributed by atoms with Gasteiger partial charge in [0.1, 0.15) is 12.4 Å². The maximum Gasteiger partial charge on any atom is 0.159 e. The van der Waals surface area contributed by atoms with Gasteiger partial charge in [-0.3, -0.25) is 0 Å². The van der Waals surface area contributed by atoms with Gasteiger partial charge in [0.2, 0.25) is 0 Å². The molecule has 0 amide bonds. The molecule has 0 heterocycles. The molecule has 2 N–H and O–H groups in total. The van der Waals surface area contributed by atoms with Crippen LogP contribution in [0.25, 0.3) is 0 Å². The Balaban J connectivity index is 2.11. The summed E-state index contributed by atoms with van der Waals surface area (Å²) < 4.78 is 31.5. The van der Waals surface area contributed by atoms with Crippen LogP contribution in [0.4, 0.5) is 8.78 Å². The van der Waals surface area contributed by atoms with Crippen LogP contribution in [0.15, 0.2) is 36.4 Å². The van der Waals surface area contributed by atoms with Crippen LogP contribution in [0.1, 0.15) is 16.7 Å². The van der Waals surface area contributed by atoms with Crippen molar-refractivity contribution in [2.45, 2.75) is 20.1 Å². The Kier molecular flexibility index (Phi) is 4.12. The standard InChI is InChI=1S/C15H15F2NO/c1-10-2-3-11(8-18)7-15(10)19-9-12-4-5-13(16)14(17)6-12/h2-7H,8-9,18H2,1H3. The molecule has 0 atom stereocenters. The maximum absolute atomic E-state index is 13.1. The van der Waals surface area contributed by atoms with Gasteiger partial charge in [-0.2, -0.15) is 0 Å². The summed E-state index contributed by atoms with van der Waals surface area (Å²) in [6, 6.07) is 9.44. The second kappa shape index (κ2) is 5.80. The van der Waals surface area contributed by atoms with E-state index >= 15 is 0 Å². The molecule has 2 rings (SSSR count). The largest absolute Gasteiger partial charge is 0.489 e. The minimum absolute atomic E-state index is 0.187. The first-order valence-corrected chi connectivity index (χ1v) is 5.96. The molecular formula is C15H15F2NO. The van der Waals surface area contributed by atoms with Gasteiger partial charge in [-0.25, -0.2) is 8.78 Å². The molecule has 0 aromatic heterocycles. The van der Waals surface area contributed by atoms with Gasteiger partial charge in [0.25, 0.3) is 0 Å². The Hall–Kier alpha value is -1.94. The van der Waals surface area contributed by atoms with E-state index in [9.17, 15) is 8.78 Å². The average molecular weight is 263 g/mol. The quantitative estimate of drug-likeness (QED) is 0.918. The second-order valence-corrected chi connectivity index (χ2v) is 4.34. The summed E-state index contributed by atoms with van der Waals surface area (Å²) in [6.45, 7) is 2.54. The number of benzene rings is 2. The summed E-state index contributed by atoms with van der Waals surface area (Å²) in [5.41, 5.74) is 8.08. The van der Waals surface area contributed by atoms with E-state index in [-0.39, 0.29) is 6.61 Å². The van der Waals surface area contributed by atoms with Crippen molar-refractivity contribution in [2.75, 3.05) is 0 Å². The maximum atomic E-state index is 13.1. The van der Waals surface area contributed by atoms with Crippen molar-refractivity contribution in [1.29, 1.82) is 0 Å². The van der Waals surface area contributed by atoms with Crippen molar-refractivity contribution in [3.63, 3.8) is 0 Å². The minimum Gasteiger partial charge on any atom is -0.489 e. The fraction of sp³-hybridized carbons (Fsp3) is 0.200. The summed E-state index contributed by atoms with van der Waals surface area (Å²) in [5.74, 6) is -1.02. The Bertz CT molecular complexity index is 584. The van der Waals surface area contributed by atoms with Crippen molar-refractivity contribution in [3.8, 4) is 5.75 Å². The summed E-state index contributed by atoms with van der Waals surface area (Å²) in [6.07, 6.45) is 0. The first kappa shape index (κ1) is 13.5. The van der Waals surface area contributed by atoms with Crippen LogP contribution in [0.3, 0.4) is 0 Å². The van der Waals surface area contributed by atoms with Crippen LogP contribution in [0, 0.1) is 18.6 Å². The van der Waals surface area contributed by atoms with Crippen molar-refractivity contribution in [3.05, 3.63) is 64.7 Å². The first-order chi connectivity index (χ1) is 9.10. The first-order valence-electron chi connectivity index (χ1n) is 5.96. The number of hydrogen-bond donors (Lipinski definition) is 1. The molecule has 100 valence electrons. The molecule has 0 unspecified atom stereocenters. The van der Waals surface area contributed by atoms with Gasteiger partial charge >= 0.3 is 0 Å². The van der Waals surface area contributed by atoms with E-state index in [0.29, 0.717) is 17.9 Å². The number of rotatable bonds is 4. The molecule has 0 bridgehead atoms. The Morgan fingerprint density at radius 1 is 1.00 bits per heavy atom.